The van der Waals surface area contributed by atoms with Crippen molar-refractivity contribution in [2.75, 3.05) is 58.4 Å². The molecule has 1 aromatic carbocycles. The number of amides is 3. The molecule has 0 spiro atoms. The molecule has 3 N–H and O–H groups in total. The van der Waals surface area contributed by atoms with E-state index >= 15 is 0 Å². The molecule has 2 saturated heterocycles. The Morgan fingerprint density at radius 1 is 1.02 bits per heavy atom. The molecule has 2 aromatic heterocycles. The molecule has 3 amide bonds. The summed E-state index contributed by atoms with van der Waals surface area (Å²) >= 11 is 8.58. The van der Waals surface area contributed by atoms with Crippen molar-refractivity contribution in [1.29, 1.82) is 0 Å². The number of aromatic nitrogens is 2. The summed E-state index contributed by atoms with van der Waals surface area (Å²) in [6.45, 7) is 15.8. The van der Waals surface area contributed by atoms with Gasteiger partial charge in [-0.05, 0) is 74.8 Å². The molecule has 0 radical (unpaired) electrons. The molecular weight excluding hydrogens is 862 g/mol. The van der Waals surface area contributed by atoms with Crippen LogP contribution in [0.1, 0.15) is 80.1 Å². The highest BCUT2D eigenvalue weighted by atomic mass is 35.5. The predicted molar refractivity (Wildman–Crippen MR) is 243 cm³/mol. The van der Waals surface area contributed by atoms with E-state index in [1.165, 1.54) is 29.8 Å². The van der Waals surface area contributed by atoms with Crippen LogP contribution in [-0.2, 0) is 28.6 Å². The Labute approximate surface area is 383 Å². The number of carbonyl (C=O) groups excluding carboxylic acids is 4. The van der Waals surface area contributed by atoms with Gasteiger partial charge in [0.15, 0.2) is 5.13 Å². The van der Waals surface area contributed by atoms with Crippen LogP contribution in [0.4, 0.5) is 9.93 Å². The van der Waals surface area contributed by atoms with E-state index in [2.05, 4.69) is 20.9 Å². The van der Waals surface area contributed by atoms with Crippen LogP contribution in [0.5, 0.6) is 11.5 Å². The van der Waals surface area contributed by atoms with Crippen molar-refractivity contribution < 1.29 is 42.9 Å². The van der Waals surface area contributed by atoms with Crippen molar-refractivity contribution >= 4 is 62.8 Å². The second kappa shape index (κ2) is 18.8. The summed E-state index contributed by atoms with van der Waals surface area (Å²) in [4.78, 5) is 69.5. The van der Waals surface area contributed by atoms with Crippen LogP contribution in [0.15, 0.2) is 23.6 Å². The number of alkyl carbamates (subject to hydrolysis) is 1. The summed E-state index contributed by atoms with van der Waals surface area (Å²) in [7, 11) is 1.30. The molecule has 4 heterocycles. The number of nitrogens with zero attached hydrogens (tertiary/aromatic N) is 4. The van der Waals surface area contributed by atoms with Gasteiger partial charge in [-0.2, -0.15) is 0 Å². The molecule has 8 rings (SSSR count). The average molecular weight is 925 g/mol. The van der Waals surface area contributed by atoms with Crippen LogP contribution in [-0.4, -0.2) is 133 Å². The number of rotatable bonds is 16. The number of morpholine rings is 1. The van der Waals surface area contributed by atoms with Gasteiger partial charge in [-0.25, -0.2) is 19.6 Å². The van der Waals surface area contributed by atoms with Crippen LogP contribution in [0, 0.1) is 23.2 Å². The van der Waals surface area contributed by atoms with Crippen molar-refractivity contribution in [2.45, 2.75) is 116 Å². The maximum atomic E-state index is 14.9. The molecule has 3 aliphatic carbocycles. The Bertz CT molecular complexity index is 2220. The Balaban J connectivity index is 1.09. The summed E-state index contributed by atoms with van der Waals surface area (Å²) in [6.07, 6.45) is 2.47. The van der Waals surface area contributed by atoms with Gasteiger partial charge in [-0.1, -0.05) is 45.7 Å². The zero-order valence-corrected chi connectivity index (χ0v) is 39.4. The quantitative estimate of drug-likeness (QED) is 0.137. The number of nitrogens with one attached hydrogen (secondary N) is 3. The molecule has 3 aromatic rings. The number of esters is 1. The Morgan fingerprint density at radius 3 is 2.44 bits per heavy atom. The third-order valence-corrected chi connectivity index (χ3v) is 14.4. The number of anilines is 1. The number of pyridine rings is 1. The molecule has 64 heavy (non-hydrogen) atoms. The van der Waals surface area contributed by atoms with Gasteiger partial charge in [-0.3, -0.25) is 14.5 Å². The predicted octanol–water partition coefficient (Wildman–Crippen LogP) is 6.29. The van der Waals surface area contributed by atoms with E-state index in [9.17, 15) is 19.2 Å². The van der Waals surface area contributed by atoms with Gasteiger partial charge in [0.05, 0.1) is 38.1 Å². The lowest BCUT2D eigenvalue weighted by Crippen LogP contribution is -2.59. The SMILES string of the molecule is CC[C@@H]1C[C@]1(NC(=O)C1C[C@@H](Oc2cc(-c3csc(NC(C)C)n3)nc3c(Cl)c(OCCN4CCOCC4)ccc23)CN1C(=O)[C@@H](NC(=O)O[C@@H]1C[C@@H]2C[C@@H]2C1)C(C)(C)C)C(=O)OC. The van der Waals surface area contributed by atoms with Crippen LogP contribution >= 0.6 is 22.9 Å². The number of fused-ring (bicyclic) bond motifs is 2. The van der Waals surface area contributed by atoms with Gasteiger partial charge in [0.25, 0.3) is 0 Å². The van der Waals surface area contributed by atoms with E-state index in [-0.39, 0.29) is 31.0 Å². The molecule has 16 nitrogen and oxygen atoms in total. The zero-order chi connectivity index (χ0) is 45.5. The lowest BCUT2D eigenvalue weighted by Gasteiger charge is -2.35. The van der Waals surface area contributed by atoms with Gasteiger partial charge < -0.3 is 44.5 Å². The van der Waals surface area contributed by atoms with Gasteiger partial charge in [0.2, 0.25) is 11.8 Å². The van der Waals surface area contributed by atoms with E-state index in [1.54, 1.807) is 12.1 Å². The zero-order valence-electron chi connectivity index (χ0n) is 37.9. The molecule has 2 aliphatic heterocycles. The van der Waals surface area contributed by atoms with Crippen LogP contribution in [0.2, 0.25) is 5.02 Å². The van der Waals surface area contributed by atoms with Gasteiger partial charge >= 0.3 is 12.1 Å². The maximum absolute atomic E-state index is 14.9. The van der Waals surface area contributed by atoms with Crippen LogP contribution in [0.25, 0.3) is 22.3 Å². The summed E-state index contributed by atoms with van der Waals surface area (Å²) < 4.78 is 29.6. The Hall–Kier alpha value is -4.45. The normalized spacial score (nSPS) is 26.9. The first-order valence-corrected chi connectivity index (χ1v) is 24.0. The number of carbonyl (C=O) groups is 4. The Morgan fingerprint density at radius 2 is 1.77 bits per heavy atom. The van der Waals surface area contributed by atoms with Crippen LogP contribution in [0.3, 0.4) is 0 Å². The molecule has 5 aliphatic rings. The summed E-state index contributed by atoms with van der Waals surface area (Å²) in [5.41, 5.74) is -0.389. The van der Waals surface area contributed by atoms with Gasteiger partial charge in [0, 0.05) is 48.9 Å². The largest absolute Gasteiger partial charge is 0.491 e. The first-order chi connectivity index (χ1) is 30.6. The summed E-state index contributed by atoms with van der Waals surface area (Å²) in [5.74, 6) is 0.517. The molecule has 8 atom stereocenters. The minimum absolute atomic E-state index is 0.00339. The average Bonchev–Trinajstić information content (AvgIpc) is 3.92. The first kappa shape index (κ1) is 46.1. The fourth-order valence-corrected chi connectivity index (χ4v) is 10.7. The van der Waals surface area contributed by atoms with Gasteiger partial charge in [0.1, 0.15) is 58.7 Å². The molecule has 0 bridgehead atoms. The van der Waals surface area contributed by atoms with Crippen LogP contribution < -0.4 is 25.4 Å². The second-order valence-electron chi connectivity index (χ2n) is 19.4. The fraction of sp³-hybridized carbons (Fsp3) is 0.652. The maximum Gasteiger partial charge on any atom is 0.408 e. The lowest BCUT2D eigenvalue weighted by molar-refractivity contribution is -0.148. The number of hydrogen-bond acceptors (Lipinski definition) is 14. The second-order valence-corrected chi connectivity index (χ2v) is 20.6. The van der Waals surface area contributed by atoms with Crippen molar-refractivity contribution in [2.24, 2.45) is 23.2 Å². The molecule has 5 fully saturated rings. The molecule has 18 heteroatoms. The summed E-state index contributed by atoms with van der Waals surface area (Å²) in [6, 6.07) is 3.52. The van der Waals surface area contributed by atoms with Gasteiger partial charge in [-0.15, -0.1) is 11.3 Å². The topological polar surface area (TPSA) is 183 Å². The minimum Gasteiger partial charge on any atom is -0.491 e. The number of methoxy groups -OCH3 is 1. The first-order valence-electron chi connectivity index (χ1n) is 22.7. The third-order valence-electron chi connectivity index (χ3n) is 13.3. The number of thiazole rings is 1. The van der Waals surface area contributed by atoms with E-state index in [0.717, 1.165) is 31.1 Å². The third kappa shape index (κ3) is 10.0. The smallest absolute Gasteiger partial charge is 0.408 e. The fourth-order valence-electron chi connectivity index (χ4n) is 9.55. The molecule has 348 valence electrons. The van der Waals surface area contributed by atoms with Crippen molar-refractivity contribution in [3.63, 3.8) is 0 Å². The minimum atomic E-state index is -1.19. The monoisotopic (exact) mass is 923 g/mol. The number of halogens is 1. The number of benzene rings is 1. The van der Waals surface area contributed by atoms with Crippen molar-refractivity contribution in [1.82, 2.24) is 30.4 Å². The standard InChI is InChI=1S/C46H62ClN7O9S/c1-8-28-22-46(28,42(57)59-7)52-40(55)34-20-30(23-54(34)41(56)39(45(4,5)6)51-44(58)63-29-18-26-17-27(26)19-29)62-36-21-32(33-24-64-43(50-33)48-25(2)3)49-38-31(36)9-10-35(37(38)47)61-16-13-53-11-14-60-15-12-53/h9-10,21,24-30,34,39H,8,11-20,22-23H2,1-7H3,(H,48,50)(H,51,58)(H,52,55)/t26-,27+,28-,29+,30-,34?,39-,46-/m1/s1. The molecule has 3 saturated carbocycles. The van der Waals surface area contributed by atoms with E-state index in [1.807, 2.05) is 53.0 Å². The number of hydrogen-bond donors (Lipinski definition) is 3. The number of likely N-dealkylation sites (tertiary alicyclic amines) is 1. The van der Waals surface area contributed by atoms with Crippen molar-refractivity contribution in [3.05, 3.63) is 28.6 Å². The Kier molecular flexibility index (Phi) is 13.5. The highest BCUT2D eigenvalue weighted by Crippen LogP contribution is 2.52. The van der Waals surface area contributed by atoms with E-state index in [4.69, 9.17) is 45.3 Å². The molecular formula is C46H62ClN7O9S. The highest BCUT2D eigenvalue weighted by molar-refractivity contribution is 7.14. The number of ether oxygens (including phenoxy) is 5. The van der Waals surface area contributed by atoms with E-state index in [0.29, 0.717) is 89.9 Å². The van der Waals surface area contributed by atoms with E-state index < -0.39 is 53.0 Å². The molecule has 1 unspecified atom stereocenters. The summed E-state index contributed by atoms with van der Waals surface area (Å²) in [5, 5.41) is 12.8. The van der Waals surface area contributed by atoms with Crippen molar-refractivity contribution in [3.8, 4) is 22.9 Å². The highest BCUT2D eigenvalue weighted by Gasteiger charge is 2.62. The lowest BCUT2D eigenvalue weighted by atomic mass is 9.85.